The Morgan fingerprint density at radius 1 is 0.971 bits per heavy atom. The van der Waals surface area contributed by atoms with E-state index in [1.807, 2.05) is 13.8 Å². The number of nitrogens with one attached hydrogen (secondary N) is 5. The molecule has 0 aliphatic carbocycles. The van der Waals surface area contributed by atoms with E-state index >= 15 is 0 Å². The summed E-state index contributed by atoms with van der Waals surface area (Å²) in [5, 5.41) is 22.4. The van der Waals surface area contributed by atoms with Crippen LogP contribution in [0, 0.1) is 17.8 Å². The van der Waals surface area contributed by atoms with Gasteiger partial charge in [-0.25, -0.2) is 9.59 Å². The van der Waals surface area contributed by atoms with Gasteiger partial charge in [0.05, 0.1) is 0 Å². The van der Waals surface area contributed by atoms with Crippen LogP contribution >= 0.6 is 0 Å². The highest BCUT2D eigenvalue weighted by atomic mass is 16.4. The molecule has 0 unspecified atom stereocenters. The fourth-order valence-electron chi connectivity index (χ4n) is 3.27. The summed E-state index contributed by atoms with van der Waals surface area (Å²) in [4.78, 5) is 61.7. The maximum absolute atomic E-state index is 13.1. The Morgan fingerprint density at radius 2 is 1.57 bits per heavy atom. The molecule has 11 heteroatoms. The number of hydrogen-bond donors (Lipinski definition) is 6. The van der Waals surface area contributed by atoms with Crippen molar-refractivity contribution in [3.63, 3.8) is 0 Å². The lowest BCUT2D eigenvalue weighted by Crippen LogP contribution is -2.58. The molecule has 0 spiro atoms. The van der Waals surface area contributed by atoms with Gasteiger partial charge in [0, 0.05) is 18.7 Å². The van der Waals surface area contributed by atoms with Crippen molar-refractivity contribution in [1.82, 2.24) is 26.6 Å². The van der Waals surface area contributed by atoms with Gasteiger partial charge in [-0.05, 0) is 24.2 Å². The van der Waals surface area contributed by atoms with Crippen LogP contribution in [0.15, 0.2) is 24.3 Å². The number of aliphatic carboxylic acids is 1. The van der Waals surface area contributed by atoms with Crippen LogP contribution in [0.1, 0.15) is 48.0 Å². The number of rotatable bonds is 8. The van der Waals surface area contributed by atoms with Crippen molar-refractivity contribution in [3.8, 4) is 0 Å². The fraction of sp³-hybridized carbons (Fsp3) is 0.625. The van der Waals surface area contributed by atoms with Gasteiger partial charge in [0.2, 0.25) is 17.7 Å². The highest BCUT2D eigenvalue weighted by Crippen LogP contribution is 2.08. The van der Waals surface area contributed by atoms with Crippen LogP contribution in [-0.2, 0) is 19.2 Å². The van der Waals surface area contributed by atoms with Gasteiger partial charge in [0.15, 0.2) is 0 Å². The average molecular weight is 494 g/mol. The van der Waals surface area contributed by atoms with Gasteiger partial charge in [-0.3, -0.25) is 14.4 Å². The van der Waals surface area contributed by atoms with E-state index in [4.69, 9.17) is 0 Å². The lowest BCUT2D eigenvalue weighted by atomic mass is 10.0. The van der Waals surface area contributed by atoms with Gasteiger partial charge in [-0.2, -0.15) is 0 Å². The normalized spacial score (nSPS) is 22.7. The first-order valence-corrected chi connectivity index (χ1v) is 11.9. The maximum Gasteiger partial charge on any atom is 0.326 e. The monoisotopic (exact) mass is 493 g/mol. The van der Waals surface area contributed by atoms with Crippen molar-refractivity contribution in [1.29, 1.82) is 0 Å². The molecular weight excluding hydrogens is 454 g/mol. The van der Waals surface area contributed by atoms with E-state index in [1.165, 1.54) is 6.08 Å². The van der Waals surface area contributed by atoms with Crippen LogP contribution in [0.2, 0.25) is 0 Å². The van der Waals surface area contributed by atoms with Crippen molar-refractivity contribution in [2.24, 2.45) is 17.8 Å². The van der Waals surface area contributed by atoms with Gasteiger partial charge >= 0.3 is 12.0 Å². The zero-order chi connectivity index (χ0) is 26.7. The van der Waals surface area contributed by atoms with E-state index in [0.717, 1.165) is 0 Å². The van der Waals surface area contributed by atoms with Crippen LogP contribution in [0.25, 0.3) is 0 Å². The summed E-state index contributed by atoms with van der Waals surface area (Å²) in [5.74, 6) is -3.20. The molecule has 196 valence electrons. The molecule has 0 fully saturated rings. The second kappa shape index (κ2) is 14.1. The van der Waals surface area contributed by atoms with Crippen LogP contribution in [0.4, 0.5) is 4.79 Å². The molecule has 0 radical (unpaired) electrons. The van der Waals surface area contributed by atoms with Crippen molar-refractivity contribution in [2.45, 2.75) is 72.1 Å². The Morgan fingerprint density at radius 3 is 2.11 bits per heavy atom. The number of carbonyl (C=O) groups is 5. The summed E-state index contributed by atoms with van der Waals surface area (Å²) in [6.45, 7) is 10.9. The molecule has 0 saturated heterocycles. The van der Waals surface area contributed by atoms with Crippen LogP contribution in [0.3, 0.4) is 0 Å². The minimum Gasteiger partial charge on any atom is -0.480 e. The summed E-state index contributed by atoms with van der Waals surface area (Å²) in [7, 11) is 0. The molecule has 4 atom stereocenters. The first-order valence-electron chi connectivity index (χ1n) is 11.9. The molecule has 0 aromatic heterocycles. The maximum atomic E-state index is 13.1. The Kier molecular flexibility index (Phi) is 12.0. The highest BCUT2D eigenvalue weighted by Gasteiger charge is 2.30. The Hall–Kier alpha value is -3.37. The van der Waals surface area contributed by atoms with E-state index in [-0.39, 0.29) is 23.7 Å². The number of amides is 5. The minimum atomic E-state index is -1.18. The average Bonchev–Trinajstić information content (AvgIpc) is 2.75. The van der Waals surface area contributed by atoms with Crippen molar-refractivity contribution in [3.05, 3.63) is 24.3 Å². The smallest absolute Gasteiger partial charge is 0.326 e. The summed E-state index contributed by atoms with van der Waals surface area (Å²) in [5.41, 5.74) is 0. The molecule has 0 saturated carbocycles. The molecule has 1 heterocycles. The SMILES string of the molecule is CC(C)[C@@H]1/C=C/C(=O)NCC/C=C/[C@H](NC(=O)[C@H](NC(=O)N[C@H](C(=O)O)C(C)C)C(C)C)C(=O)N1. The highest BCUT2D eigenvalue weighted by molar-refractivity contribution is 5.94. The quantitative estimate of drug-likeness (QED) is 0.272. The standard InChI is InChI=1S/C24H39N5O6/c1-13(2)16-10-11-18(30)25-12-8-7-9-17(21(31)26-16)27-22(32)19(14(3)4)28-24(35)29-20(15(5)6)23(33)34/h7,9-11,13-17,19-20H,8,12H2,1-6H3,(H,25,30)(H,26,31)(H,27,32)(H,33,34)(H2,28,29,35)/b9-7+,11-10+/t16-,17-,19+,20-/m0/s1. The largest absolute Gasteiger partial charge is 0.480 e. The first-order chi connectivity index (χ1) is 16.3. The predicted molar refractivity (Wildman–Crippen MR) is 131 cm³/mol. The second-order valence-electron chi connectivity index (χ2n) is 9.53. The fourth-order valence-corrected chi connectivity index (χ4v) is 3.27. The molecule has 0 aromatic rings. The van der Waals surface area contributed by atoms with Crippen molar-refractivity contribution in [2.75, 3.05) is 6.54 Å². The van der Waals surface area contributed by atoms with Crippen molar-refractivity contribution >= 4 is 29.7 Å². The first kappa shape index (κ1) is 29.7. The molecule has 1 rings (SSSR count). The number of carbonyl (C=O) groups excluding carboxylic acids is 4. The lowest BCUT2D eigenvalue weighted by molar-refractivity contribution is -0.140. The van der Waals surface area contributed by atoms with E-state index < -0.39 is 48.0 Å². The minimum absolute atomic E-state index is 0.0109. The van der Waals surface area contributed by atoms with Gasteiger partial charge in [-0.15, -0.1) is 0 Å². The molecule has 0 bridgehead atoms. The van der Waals surface area contributed by atoms with E-state index in [9.17, 15) is 29.1 Å². The Balaban J connectivity index is 3.01. The van der Waals surface area contributed by atoms with Gasteiger partial charge in [0.1, 0.15) is 18.1 Å². The van der Waals surface area contributed by atoms with Crippen molar-refractivity contribution < 1.29 is 29.1 Å². The molecule has 11 nitrogen and oxygen atoms in total. The second-order valence-corrected chi connectivity index (χ2v) is 9.53. The lowest BCUT2D eigenvalue weighted by Gasteiger charge is -2.27. The zero-order valence-corrected chi connectivity index (χ0v) is 21.3. The molecule has 6 N–H and O–H groups in total. The topological polar surface area (TPSA) is 166 Å². The molecule has 0 aromatic carbocycles. The summed E-state index contributed by atoms with van der Waals surface area (Å²) >= 11 is 0. The Bertz CT molecular complexity index is 836. The molecule has 1 aliphatic rings. The molecule has 35 heavy (non-hydrogen) atoms. The number of urea groups is 1. The number of carboxylic acids is 1. The predicted octanol–water partition coefficient (Wildman–Crippen LogP) is 0.677. The van der Waals surface area contributed by atoms with Crippen LogP contribution in [-0.4, -0.2) is 65.5 Å². The molecule has 1 aliphatic heterocycles. The van der Waals surface area contributed by atoms with Gasteiger partial charge in [0.25, 0.3) is 0 Å². The third-order valence-electron chi connectivity index (χ3n) is 5.46. The van der Waals surface area contributed by atoms with E-state index in [1.54, 1.807) is 45.9 Å². The zero-order valence-electron chi connectivity index (χ0n) is 21.3. The number of carboxylic acid groups (broad SMARTS) is 1. The van der Waals surface area contributed by atoms with Crippen LogP contribution in [0.5, 0.6) is 0 Å². The Labute approximate surface area is 206 Å². The summed E-state index contributed by atoms with van der Waals surface area (Å²) < 4.78 is 0. The molecular formula is C24H39N5O6. The van der Waals surface area contributed by atoms with E-state index in [0.29, 0.717) is 13.0 Å². The third kappa shape index (κ3) is 10.2. The van der Waals surface area contributed by atoms with E-state index in [2.05, 4.69) is 26.6 Å². The van der Waals surface area contributed by atoms with Gasteiger partial charge < -0.3 is 31.7 Å². The summed E-state index contributed by atoms with van der Waals surface area (Å²) in [6, 6.07) is -4.37. The third-order valence-corrected chi connectivity index (χ3v) is 5.46. The molecule has 5 amide bonds. The van der Waals surface area contributed by atoms with Crippen LogP contribution < -0.4 is 26.6 Å². The van der Waals surface area contributed by atoms with Gasteiger partial charge in [-0.1, -0.05) is 59.8 Å². The number of hydrogen-bond acceptors (Lipinski definition) is 5. The summed E-state index contributed by atoms with van der Waals surface area (Å²) in [6.07, 6.45) is 6.66.